The Morgan fingerprint density at radius 2 is 1.63 bits per heavy atom. The van der Waals surface area contributed by atoms with E-state index in [0.29, 0.717) is 16.8 Å². The molecule has 0 saturated heterocycles. The van der Waals surface area contributed by atoms with Crippen LogP contribution in [0.5, 0.6) is 0 Å². The summed E-state index contributed by atoms with van der Waals surface area (Å²) in [5.74, 6) is -1.29. The Kier molecular flexibility index (Phi) is 7.74. The number of carbonyl (C=O) groups excluding carboxylic acids is 3. The summed E-state index contributed by atoms with van der Waals surface area (Å²) in [5.41, 5.74) is 0.456. The normalized spacial score (nSPS) is 11.2. The number of ether oxygens (including phenoxy) is 1. The molecule has 0 unspecified atom stereocenters. The number of halogens is 3. The van der Waals surface area contributed by atoms with Crippen LogP contribution in [0.1, 0.15) is 27.9 Å². The minimum absolute atomic E-state index is 0.0572. The van der Waals surface area contributed by atoms with Crippen LogP contribution >= 0.6 is 0 Å². The van der Waals surface area contributed by atoms with Crippen LogP contribution in [0, 0.1) is 0 Å². The Morgan fingerprint density at radius 3 is 2.20 bits per heavy atom. The van der Waals surface area contributed by atoms with Crippen LogP contribution < -0.4 is 10.6 Å². The van der Waals surface area contributed by atoms with Gasteiger partial charge in [0.05, 0.1) is 19.1 Å². The molecule has 0 atom stereocenters. The molecule has 2 rings (SSSR count). The van der Waals surface area contributed by atoms with Crippen LogP contribution in [0.2, 0.25) is 0 Å². The second-order valence-corrected chi connectivity index (χ2v) is 6.10. The van der Waals surface area contributed by atoms with E-state index in [9.17, 15) is 27.6 Å². The zero-order chi connectivity index (χ0) is 22.1. The largest absolute Gasteiger partial charge is 0.469 e. The first-order chi connectivity index (χ1) is 14.2. The van der Waals surface area contributed by atoms with Gasteiger partial charge in [0.2, 0.25) is 5.91 Å². The Hall–Kier alpha value is -3.62. The van der Waals surface area contributed by atoms with Gasteiger partial charge in [0, 0.05) is 23.9 Å². The maximum absolute atomic E-state index is 12.5. The van der Waals surface area contributed by atoms with E-state index in [-0.39, 0.29) is 18.9 Å². The quantitative estimate of drug-likeness (QED) is 0.529. The summed E-state index contributed by atoms with van der Waals surface area (Å²) in [6.07, 6.45) is -1.78. The minimum atomic E-state index is -4.41. The van der Waals surface area contributed by atoms with Crippen LogP contribution in [0.4, 0.5) is 18.9 Å². The van der Waals surface area contributed by atoms with Gasteiger partial charge < -0.3 is 15.4 Å². The molecule has 0 saturated carbocycles. The number of esters is 1. The molecule has 30 heavy (non-hydrogen) atoms. The first-order valence-corrected chi connectivity index (χ1v) is 8.80. The molecule has 0 fully saturated rings. The fourth-order valence-electron chi connectivity index (χ4n) is 2.33. The van der Waals surface area contributed by atoms with E-state index >= 15 is 0 Å². The summed E-state index contributed by atoms with van der Waals surface area (Å²) in [6, 6.07) is 10.5. The lowest BCUT2D eigenvalue weighted by atomic mass is 10.1. The Morgan fingerprint density at radius 1 is 1.00 bits per heavy atom. The summed E-state index contributed by atoms with van der Waals surface area (Å²) in [7, 11) is 1.26. The van der Waals surface area contributed by atoms with E-state index < -0.39 is 23.6 Å². The van der Waals surface area contributed by atoms with Gasteiger partial charge in [-0.25, -0.2) is 0 Å². The van der Waals surface area contributed by atoms with E-state index in [1.165, 1.54) is 55.7 Å². The smallest absolute Gasteiger partial charge is 0.416 e. The predicted molar refractivity (Wildman–Crippen MR) is 105 cm³/mol. The SMILES string of the molecule is COC(=O)CCNC(=O)c1ccc(NC(=O)/C=C/c2ccc(C(F)(F)F)cc2)cc1. The summed E-state index contributed by atoms with van der Waals surface area (Å²) in [5, 5.41) is 5.15. The van der Waals surface area contributed by atoms with Crippen LogP contribution in [0.3, 0.4) is 0 Å². The van der Waals surface area contributed by atoms with Gasteiger partial charge in [-0.1, -0.05) is 12.1 Å². The third-order valence-corrected chi connectivity index (χ3v) is 3.92. The third kappa shape index (κ3) is 7.08. The number of hydrogen-bond acceptors (Lipinski definition) is 4. The van der Waals surface area contributed by atoms with E-state index in [1.807, 2.05) is 0 Å². The molecule has 9 heteroatoms. The predicted octanol–water partition coefficient (Wildman–Crippen LogP) is 3.65. The van der Waals surface area contributed by atoms with Crippen LogP contribution in [-0.4, -0.2) is 31.4 Å². The summed E-state index contributed by atoms with van der Waals surface area (Å²) in [4.78, 5) is 34.9. The van der Waals surface area contributed by atoms with Gasteiger partial charge in [0.15, 0.2) is 0 Å². The summed E-state index contributed by atoms with van der Waals surface area (Å²) < 4.78 is 42.1. The first-order valence-electron chi connectivity index (χ1n) is 8.80. The van der Waals surface area contributed by atoms with E-state index in [4.69, 9.17) is 0 Å². The molecular weight excluding hydrogens is 401 g/mol. The molecular formula is C21H19F3N2O4. The van der Waals surface area contributed by atoms with Gasteiger partial charge in [-0.15, -0.1) is 0 Å². The van der Waals surface area contributed by atoms with Crippen LogP contribution in [0.15, 0.2) is 54.6 Å². The van der Waals surface area contributed by atoms with Crippen LogP contribution in [0.25, 0.3) is 6.08 Å². The molecule has 2 amide bonds. The van der Waals surface area contributed by atoms with Crippen molar-refractivity contribution in [1.29, 1.82) is 0 Å². The fraction of sp³-hybridized carbons (Fsp3) is 0.190. The van der Waals surface area contributed by atoms with Gasteiger partial charge in [-0.05, 0) is 48.0 Å². The lowest BCUT2D eigenvalue weighted by molar-refractivity contribution is -0.140. The number of carbonyl (C=O) groups is 3. The zero-order valence-electron chi connectivity index (χ0n) is 16.0. The van der Waals surface area contributed by atoms with Crippen molar-refractivity contribution in [3.8, 4) is 0 Å². The van der Waals surface area contributed by atoms with Gasteiger partial charge in [0.25, 0.3) is 5.91 Å². The second kappa shape index (κ2) is 10.2. The highest BCUT2D eigenvalue weighted by Gasteiger charge is 2.29. The van der Waals surface area contributed by atoms with Gasteiger partial charge >= 0.3 is 12.1 Å². The van der Waals surface area contributed by atoms with Gasteiger partial charge in [-0.2, -0.15) is 13.2 Å². The fourth-order valence-corrected chi connectivity index (χ4v) is 2.33. The minimum Gasteiger partial charge on any atom is -0.469 e. The number of rotatable bonds is 7. The number of hydrogen-bond donors (Lipinski definition) is 2. The number of methoxy groups -OCH3 is 1. The van der Waals surface area contributed by atoms with Crippen molar-refractivity contribution >= 4 is 29.5 Å². The lowest BCUT2D eigenvalue weighted by Gasteiger charge is -2.07. The topological polar surface area (TPSA) is 84.5 Å². The Bertz CT molecular complexity index is 921. The van der Waals surface area contributed by atoms with Crippen molar-refractivity contribution in [3.63, 3.8) is 0 Å². The average molecular weight is 420 g/mol. The van der Waals surface area contributed by atoms with E-state index in [1.54, 1.807) is 0 Å². The lowest BCUT2D eigenvalue weighted by Crippen LogP contribution is -2.26. The van der Waals surface area contributed by atoms with Crippen molar-refractivity contribution in [2.75, 3.05) is 19.0 Å². The van der Waals surface area contributed by atoms with Crippen molar-refractivity contribution in [3.05, 3.63) is 71.3 Å². The van der Waals surface area contributed by atoms with Gasteiger partial charge in [0.1, 0.15) is 0 Å². The standard InChI is InChI=1S/C21H19F3N2O4/c1-30-19(28)12-13-25-20(29)15-5-9-17(10-6-15)26-18(27)11-4-14-2-7-16(8-3-14)21(22,23)24/h2-11H,12-13H2,1H3,(H,25,29)(H,26,27)/b11-4+. The molecule has 0 radical (unpaired) electrons. The van der Waals surface area contributed by atoms with Crippen molar-refractivity contribution < 1.29 is 32.3 Å². The van der Waals surface area contributed by atoms with Crippen molar-refractivity contribution in [1.82, 2.24) is 5.32 Å². The molecule has 0 aliphatic rings. The molecule has 0 spiro atoms. The number of alkyl halides is 3. The molecule has 158 valence electrons. The monoisotopic (exact) mass is 420 g/mol. The average Bonchev–Trinajstić information content (AvgIpc) is 2.72. The third-order valence-electron chi connectivity index (χ3n) is 3.92. The van der Waals surface area contributed by atoms with Crippen molar-refractivity contribution in [2.45, 2.75) is 12.6 Å². The molecule has 0 aromatic heterocycles. The zero-order valence-corrected chi connectivity index (χ0v) is 16.0. The molecule has 6 nitrogen and oxygen atoms in total. The molecule has 2 N–H and O–H groups in total. The molecule has 2 aromatic rings. The van der Waals surface area contributed by atoms with Crippen molar-refractivity contribution in [2.24, 2.45) is 0 Å². The van der Waals surface area contributed by atoms with E-state index in [0.717, 1.165) is 12.1 Å². The second-order valence-electron chi connectivity index (χ2n) is 6.10. The number of anilines is 1. The maximum Gasteiger partial charge on any atom is 0.416 e. The van der Waals surface area contributed by atoms with Gasteiger partial charge in [-0.3, -0.25) is 14.4 Å². The highest BCUT2D eigenvalue weighted by Crippen LogP contribution is 2.29. The Labute approximate surface area is 170 Å². The molecule has 0 bridgehead atoms. The summed E-state index contributed by atoms with van der Waals surface area (Å²) >= 11 is 0. The maximum atomic E-state index is 12.5. The highest BCUT2D eigenvalue weighted by atomic mass is 19.4. The van der Waals surface area contributed by atoms with E-state index in [2.05, 4.69) is 15.4 Å². The molecule has 0 aliphatic carbocycles. The first kappa shape index (κ1) is 22.7. The van der Waals surface area contributed by atoms with Crippen LogP contribution in [-0.2, 0) is 20.5 Å². The summed E-state index contributed by atoms with van der Waals surface area (Å²) in [6.45, 7) is 0.138. The number of amides is 2. The Balaban J connectivity index is 1.87. The molecule has 2 aromatic carbocycles. The highest BCUT2D eigenvalue weighted by molar-refractivity contribution is 6.02. The number of benzene rings is 2. The molecule has 0 heterocycles. The molecule has 0 aliphatic heterocycles. The number of nitrogens with one attached hydrogen (secondary N) is 2.